The molecular weight excluding hydrogens is 236 g/mol. The van der Waals surface area contributed by atoms with E-state index < -0.39 is 11.5 Å². The molecule has 0 aliphatic heterocycles. The number of carbonyl (C=O) groups excluding carboxylic acids is 1. The fourth-order valence-corrected chi connectivity index (χ4v) is 2.47. The third-order valence-corrected chi connectivity index (χ3v) is 3.37. The molecule has 1 amide bonds. The first-order valence-electron chi connectivity index (χ1n) is 6.09. The Hall–Kier alpha value is -1.63. The lowest BCUT2D eigenvalue weighted by Crippen LogP contribution is -2.45. The van der Waals surface area contributed by atoms with Crippen molar-refractivity contribution in [3.05, 3.63) is 5.69 Å². The van der Waals surface area contributed by atoms with E-state index in [9.17, 15) is 9.90 Å². The van der Waals surface area contributed by atoms with Crippen LogP contribution in [0.5, 0.6) is 0 Å². The molecule has 1 fully saturated rings. The number of carbonyl (C=O) groups is 1. The van der Waals surface area contributed by atoms with E-state index in [1.54, 1.807) is 0 Å². The van der Waals surface area contributed by atoms with E-state index in [4.69, 9.17) is 5.73 Å². The second-order valence-electron chi connectivity index (χ2n) is 5.11. The van der Waals surface area contributed by atoms with Gasteiger partial charge in [-0.25, -0.2) is 4.63 Å². The number of anilines is 1. The van der Waals surface area contributed by atoms with Gasteiger partial charge in [-0.1, -0.05) is 19.8 Å². The predicted molar refractivity (Wildman–Crippen MR) is 63.6 cm³/mol. The van der Waals surface area contributed by atoms with Crippen LogP contribution >= 0.6 is 0 Å². The molecule has 100 valence electrons. The molecule has 2 unspecified atom stereocenters. The Kier molecular flexibility index (Phi) is 3.51. The molecule has 0 aromatic carbocycles. The minimum atomic E-state index is -0.834. The van der Waals surface area contributed by atoms with Crippen LogP contribution in [0.25, 0.3) is 0 Å². The van der Waals surface area contributed by atoms with Crippen LogP contribution in [0.3, 0.4) is 0 Å². The van der Waals surface area contributed by atoms with Gasteiger partial charge in [0.1, 0.15) is 0 Å². The average molecular weight is 254 g/mol. The first-order chi connectivity index (χ1) is 8.50. The summed E-state index contributed by atoms with van der Waals surface area (Å²) in [7, 11) is 0. The number of nitrogens with zero attached hydrogens (tertiary/aromatic N) is 2. The van der Waals surface area contributed by atoms with Crippen molar-refractivity contribution in [3.63, 3.8) is 0 Å². The summed E-state index contributed by atoms with van der Waals surface area (Å²) in [6, 6.07) is 0. The zero-order valence-electron chi connectivity index (χ0n) is 10.3. The van der Waals surface area contributed by atoms with Gasteiger partial charge in [-0.05, 0) is 29.1 Å². The van der Waals surface area contributed by atoms with Gasteiger partial charge in [0.05, 0.1) is 5.60 Å². The molecule has 1 saturated carbocycles. The smallest absolute Gasteiger partial charge is 0.277 e. The van der Waals surface area contributed by atoms with Gasteiger partial charge in [0.15, 0.2) is 0 Å². The molecule has 1 aromatic rings. The summed E-state index contributed by atoms with van der Waals surface area (Å²) in [5.41, 5.74) is 4.54. The van der Waals surface area contributed by atoms with Gasteiger partial charge >= 0.3 is 0 Å². The van der Waals surface area contributed by atoms with E-state index in [2.05, 4.69) is 27.2 Å². The monoisotopic (exact) mass is 254 g/mol. The minimum absolute atomic E-state index is 0.0394. The molecule has 1 heterocycles. The number of rotatable bonds is 3. The molecule has 1 aliphatic carbocycles. The van der Waals surface area contributed by atoms with Gasteiger partial charge in [-0.3, -0.25) is 4.79 Å². The Morgan fingerprint density at radius 1 is 1.67 bits per heavy atom. The van der Waals surface area contributed by atoms with Crippen molar-refractivity contribution in [2.24, 2.45) is 5.92 Å². The molecule has 1 aliphatic rings. The van der Waals surface area contributed by atoms with E-state index in [1.807, 2.05) is 0 Å². The van der Waals surface area contributed by atoms with Gasteiger partial charge < -0.3 is 16.2 Å². The Balaban J connectivity index is 1.91. The summed E-state index contributed by atoms with van der Waals surface area (Å²) in [6.07, 6.45) is 3.49. The van der Waals surface area contributed by atoms with Crippen LogP contribution in [0.15, 0.2) is 4.63 Å². The SMILES string of the molecule is CC1CCCC(O)(CNC(=O)c2nonc2N)C1. The van der Waals surface area contributed by atoms with Gasteiger partial charge in [0.25, 0.3) is 5.91 Å². The molecule has 4 N–H and O–H groups in total. The van der Waals surface area contributed by atoms with Crippen molar-refractivity contribution in [1.29, 1.82) is 0 Å². The van der Waals surface area contributed by atoms with E-state index in [-0.39, 0.29) is 18.1 Å². The van der Waals surface area contributed by atoms with E-state index >= 15 is 0 Å². The Morgan fingerprint density at radius 3 is 3.06 bits per heavy atom. The molecule has 2 rings (SSSR count). The average Bonchev–Trinajstić information content (AvgIpc) is 2.72. The maximum Gasteiger partial charge on any atom is 0.277 e. The number of amides is 1. The van der Waals surface area contributed by atoms with Crippen molar-refractivity contribution in [1.82, 2.24) is 15.6 Å². The van der Waals surface area contributed by atoms with E-state index in [0.717, 1.165) is 12.8 Å². The molecule has 18 heavy (non-hydrogen) atoms. The van der Waals surface area contributed by atoms with Crippen LogP contribution in [0.1, 0.15) is 43.1 Å². The van der Waals surface area contributed by atoms with Crippen molar-refractivity contribution in [2.75, 3.05) is 12.3 Å². The first-order valence-corrected chi connectivity index (χ1v) is 6.09. The highest BCUT2D eigenvalue weighted by Gasteiger charge is 2.33. The predicted octanol–water partition coefficient (Wildman–Crippen LogP) is 0.323. The second-order valence-corrected chi connectivity index (χ2v) is 5.11. The maximum absolute atomic E-state index is 11.7. The maximum atomic E-state index is 11.7. The van der Waals surface area contributed by atoms with Crippen LogP contribution in [-0.4, -0.2) is 33.5 Å². The van der Waals surface area contributed by atoms with E-state index in [0.29, 0.717) is 18.8 Å². The fourth-order valence-electron chi connectivity index (χ4n) is 2.47. The molecular formula is C11H18N4O3. The number of aliphatic hydroxyl groups is 1. The number of nitrogens with two attached hydrogens (primary N) is 1. The summed E-state index contributed by atoms with van der Waals surface area (Å²) >= 11 is 0. The normalized spacial score (nSPS) is 28.0. The zero-order valence-corrected chi connectivity index (χ0v) is 10.3. The standard InChI is InChI=1S/C11H18N4O3/c1-7-3-2-4-11(17,5-7)6-13-10(16)8-9(12)15-18-14-8/h7,17H,2-6H2,1H3,(H2,12,15)(H,13,16). The molecule has 0 saturated heterocycles. The lowest BCUT2D eigenvalue weighted by molar-refractivity contribution is -0.0110. The fraction of sp³-hybridized carbons (Fsp3) is 0.727. The first kappa shape index (κ1) is 12.8. The minimum Gasteiger partial charge on any atom is -0.388 e. The molecule has 0 radical (unpaired) electrons. The molecule has 1 aromatic heterocycles. The number of nitrogens with one attached hydrogen (secondary N) is 1. The van der Waals surface area contributed by atoms with Crippen LogP contribution < -0.4 is 11.1 Å². The van der Waals surface area contributed by atoms with Gasteiger partial charge in [0, 0.05) is 6.54 Å². The zero-order chi connectivity index (χ0) is 13.2. The van der Waals surface area contributed by atoms with Gasteiger partial charge in [-0.15, -0.1) is 0 Å². The Bertz CT molecular complexity index is 434. The highest BCUT2D eigenvalue weighted by molar-refractivity contribution is 5.95. The van der Waals surface area contributed by atoms with Crippen molar-refractivity contribution in [2.45, 2.75) is 38.2 Å². The van der Waals surface area contributed by atoms with Crippen LogP contribution in [0.4, 0.5) is 5.82 Å². The van der Waals surface area contributed by atoms with E-state index in [1.165, 1.54) is 0 Å². The molecule has 7 nitrogen and oxygen atoms in total. The Labute approximate surface area is 105 Å². The van der Waals surface area contributed by atoms with Crippen LogP contribution in [0.2, 0.25) is 0 Å². The second kappa shape index (κ2) is 4.93. The lowest BCUT2D eigenvalue weighted by Gasteiger charge is -2.35. The molecule has 7 heteroatoms. The van der Waals surface area contributed by atoms with Crippen LogP contribution in [0, 0.1) is 5.92 Å². The summed E-state index contributed by atoms with van der Waals surface area (Å²) in [6.45, 7) is 2.30. The largest absolute Gasteiger partial charge is 0.388 e. The molecule has 0 spiro atoms. The Morgan fingerprint density at radius 2 is 2.44 bits per heavy atom. The van der Waals surface area contributed by atoms with Crippen molar-refractivity contribution in [3.8, 4) is 0 Å². The number of aromatic nitrogens is 2. The molecule has 0 bridgehead atoms. The summed E-state index contributed by atoms with van der Waals surface area (Å²) in [5.74, 6) is -0.0451. The summed E-state index contributed by atoms with van der Waals surface area (Å²) in [4.78, 5) is 11.7. The molecule has 2 atom stereocenters. The highest BCUT2D eigenvalue weighted by atomic mass is 16.6. The summed E-state index contributed by atoms with van der Waals surface area (Å²) in [5, 5.41) is 19.7. The number of hydrogen-bond acceptors (Lipinski definition) is 6. The number of hydrogen-bond donors (Lipinski definition) is 3. The topological polar surface area (TPSA) is 114 Å². The van der Waals surface area contributed by atoms with Gasteiger partial charge in [-0.2, -0.15) is 0 Å². The third-order valence-electron chi connectivity index (χ3n) is 3.37. The van der Waals surface area contributed by atoms with Crippen molar-refractivity contribution < 1.29 is 14.5 Å². The third kappa shape index (κ3) is 2.79. The number of nitrogen functional groups attached to an aromatic ring is 1. The highest BCUT2D eigenvalue weighted by Crippen LogP contribution is 2.31. The van der Waals surface area contributed by atoms with Crippen molar-refractivity contribution >= 4 is 11.7 Å². The van der Waals surface area contributed by atoms with Gasteiger partial charge in [0.2, 0.25) is 11.5 Å². The quantitative estimate of drug-likeness (QED) is 0.715. The van der Waals surface area contributed by atoms with Crippen LogP contribution in [-0.2, 0) is 0 Å². The summed E-state index contributed by atoms with van der Waals surface area (Å²) < 4.78 is 4.35. The lowest BCUT2D eigenvalue weighted by atomic mass is 9.79.